The summed E-state index contributed by atoms with van der Waals surface area (Å²) < 4.78 is 7.52. The maximum Gasteiger partial charge on any atom is 0.272 e. The van der Waals surface area contributed by atoms with Crippen LogP contribution in [-0.2, 0) is 4.79 Å². The largest absolute Gasteiger partial charge is 0.339 e. The molecule has 1 unspecified atom stereocenters. The van der Waals surface area contributed by atoms with Gasteiger partial charge in [0.1, 0.15) is 5.69 Å². The van der Waals surface area contributed by atoms with Crippen molar-refractivity contribution in [1.29, 1.82) is 0 Å². The molecule has 4 aromatic rings. The summed E-state index contributed by atoms with van der Waals surface area (Å²) in [6.45, 7) is 4.30. The molecule has 2 aliphatic rings. The maximum absolute atomic E-state index is 12.9. The van der Waals surface area contributed by atoms with E-state index in [1.54, 1.807) is 11.8 Å². The Morgan fingerprint density at radius 3 is 2.51 bits per heavy atom. The van der Waals surface area contributed by atoms with Crippen molar-refractivity contribution in [1.82, 2.24) is 19.7 Å². The molecule has 1 amide bonds. The molecule has 35 heavy (non-hydrogen) atoms. The van der Waals surface area contributed by atoms with Crippen LogP contribution >= 0.6 is 0 Å². The van der Waals surface area contributed by atoms with Crippen molar-refractivity contribution in [3.63, 3.8) is 0 Å². The molecule has 0 radical (unpaired) electrons. The van der Waals surface area contributed by atoms with E-state index in [-0.39, 0.29) is 23.4 Å². The van der Waals surface area contributed by atoms with Gasteiger partial charge in [0.05, 0.1) is 17.0 Å². The molecule has 2 fully saturated rings. The van der Waals surface area contributed by atoms with Gasteiger partial charge < -0.3 is 14.0 Å². The number of rotatable bonds is 4. The normalized spacial score (nSPS) is 18.7. The zero-order chi connectivity index (χ0) is 24.1. The summed E-state index contributed by atoms with van der Waals surface area (Å²) in [6.07, 6.45) is 4.67. The fourth-order valence-corrected chi connectivity index (χ4v) is 5.36. The van der Waals surface area contributed by atoms with Crippen LogP contribution in [0.4, 0.5) is 5.69 Å². The van der Waals surface area contributed by atoms with Gasteiger partial charge >= 0.3 is 0 Å². The first-order chi connectivity index (χ1) is 17.0. The van der Waals surface area contributed by atoms with Crippen molar-refractivity contribution in [2.45, 2.75) is 57.9 Å². The summed E-state index contributed by atoms with van der Waals surface area (Å²) in [5.74, 6) is 0.816. The van der Waals surface area contributed by atoms with Gasteiger partial charge in [0.25, 0.3) is 5.56 Å². The lowest BCUT2D eigenvalue weighted by molar-refractivity contribution is -0.117. The Kier molecular flexibility index (Phi) is 5.24. The van der Waals surface area contributed by atoms with E-state index >= 15 is 0 Å². The highest BCUT2D eigenvalue weighted by Gasteiger charge is 2.35. The van der Waals surface area contributed by atoms with E-state index in [9.17, 15) is 9.59 Å². The quantitative estimate of drug-likeness (QED) is 0.430. The van der Waals surface area contributed by atoms with Crippen LogP contribution in [0.2, 0.25) is 0 Å². The molecule has 0 bridgehead atoms. The molecule has 1 aliphatic carbocycles. The monoisotopic (exact) mass is 469 g/mol. The van der Waals surface area contributed by atoms with Crippen LogP contribution in [0.1, 0.15) is 61.2 Å². The third-order valence-electron chi connectivity index (χ3n) is 7.26. The van der Waals surface area contributed by atoms with E-state index in [0.717, 1.165) is 53.5 Å². The highest BCUT2D eigenvalue weighted by atomic mass is 16.5. The molecule has 1 atom stereocenters. The Bertz CT molecular complexity index is 1480. The van der Waals surface area contributed by atoms with Crippen LogP contribution in [0.15, 0.2) is 51.8 Å². The Morgan fingerprint density at radius 1 is 0.971 bits per heavy atom. The van der Waals surface area contributed by atoms with Crippen molar-refractivity contribution in [2.75, 3.05) is 11.4 Å². The Balaban J connectivity index is 1.29. The number of hydrogen-bond donors (Lipinski definition) is 0. The van der Waals surface area contributed by atoms with Gasteiger partial charge in [0.2, 0.25) is 17.6 Å². The Hall–Kier alpha value is -3.81. The molecule has 0 N–H and O–H groups in total. The van der Waals surface area contributed by atoms with E-state index in [0.29, 0.717) is 30.4 Å². The molecule has 1 saturated heterocycles. The van der Waals surface area contributed by atoms with Crippen molar-refractivity contribution >= 4 is 22.6 Å². The third-order valence-corrected chi connectivity index (χ3v) is 7.26. The second-order valence-electron chi connectivity index (χ2n) is 9.71. The van der Waals surface area contributed by atoms with Crippen LogP contribution in [0, 0.1) is 13.8 Å². The zero-order valence-corrected chi connectivity index (χ0v) is 19.9. The predicted octanol–water partition coefficient (Wildman–Crippen LogP) is 4.70. The minimum atomic E-state index is -0.154. The lowest BCUT2D eigenvalue weighted by atomic mass is 10.1. The molecule has 8 nitrogen and oxygen atoms in total. The molecule has 3 heterocycles. The van der Waals surface area contributed by atoms with Gasteiger partial charge in [-0.2, -0.15) is 4.98 Å². The molecule has 2 aromatic heterocycles. The molecule has 8 heteroatoms. The average Bonchev–Trinajstić information content (AvgIpc) is 3.61. The molecule has 6 rings (SSSR count). The predicted molar refractivity (Wildman–Crippen MR) is 132 cm³/mol. The van der Waals surface area contributed by atoms with E-state index < -0.39 is 0 Å². The van der Waals surface area contributed by atoms with Crippen molar-refractivity contribution < 1.29 is 9.32 Å². The van der Waals surface area contributed by atoms with Gasteiger partial charge in [-0.15, -0.1) is 0 Å². The molecule has 1 saturated carbocycles. The number of nitrogens with zero attached hydrogens (tertiary/aromatic N) is 5. The van der Waals surface area contributed by atoms with E-state index in [4.69, 9.17) is 4.52 Å². The lowest BCUT2D eigenvalue weighted by Crippen LogP contribution is -2.26. The first-order valence-corrected chi connectivity index (χ1v) is 12.2. The summed E-state index contributed by atoms with van der Waals surface area (Å²) in [5.41, 5.74) is 4.88. The lowest BCUT2D eigenvalue weighted by Gasteiger charge is -2.17. The molecular formula is C27H27N5O3. The first-order valence-electron chi connectivity index (χ1n) is 12.2. The summed E-state index contributed by atoms with van der Waals surface area (Å²) in [6, 6.07) is 13.9. The van der Waals surface area contributed by atoms with Gasteiger partial charge in [0.15, 0.2) is 0 Å². The number of aryl methyl sites for hydroxylation is 2. The minimum Gasteiger partial charge on any atom is -0.339 e. The smallest absolute Gasteiger partial charge is 0.272 e. The van der Waals surface area contributed by atoms with Gasteiger partial charge in [-0.05, 0) is 57.0 Å². The Labute approximate surface area is 202 Å². The summed E-state index contributed by atoms with van der Waals surface area (Å²) in [5, 5.41) is 4.20. The molecule has 0 spiro atoms. The molecule has 2 aromatic carbocycles. The number of carbonyl (C=O) groups excluding carboxylic acids is 1. The van der Waals surface area contributed by atoms with Crippen LogP contribution < -0.4 is 10.5 Å². The van der Waals surface area contributed by atoms with Gasteiger partial charge in [-0.25, -0.2) is 4.98 Å². The average molecular weight is 470 g/mol. The number of hydrogen-bond acceptors (Lipinski definition) is 6. The minimum absolute atomic E-state index is 0.0111. The topological polar surface area (TPSA) is 94.1 Å². The van der Waals surface area contributed by atoms with Gasteiger partial charge in [0, 0.05) is 30.3 Å². The SMILES string of the molecule is Cc1ccc(N2CC(c3nc(-c4ccc5c(c4)nc(C)c(=O)n5C4CCCC4)no3)CC2=O)cc1. The molecule has 1 aliphatic heterocycles. The second-order valence-corrected chi connectivity index (χ2v) is 9.71. The second kappa shape index (κ2) is 8.45. The third kappa shape index (κ3) is 3.83. The van der Waals surface area contributed by atoms with Crippen LogP contribution in [-0.4, -0.2) is 32.1 Å². The van der Waals surface area contributed by atoms with Crippen molar-refractivity contribution in [3.05, 3.63) is 70.0 Å². The van der Waals surface area contributed by atoms with E-state index in [1.807, 2.05) is 54.0 Å². The number of aromatic nitrogens is 4. The summed E-state index contributed by atoms with van der Waals surface area (Å²) >= 11 is 0. The van der Waals surface area contributed by atoms with Crippen LogP contribution in [0.5, 0.6) is 0 Å². The molecular weight excluding hydrogens is 442 g/mol. The van der Waals surface area contributed by atoms with Crippen molar-refractivity contribution in [2.24, 2.45) is 0 Å². The number of fused-ring (bicyclic) bond motifs is 1. The number of anilines is 1. The van der Waals surface area contributed by atoms with Gasteiger partial charge in [-0.3, -0.25) is 9.59 Å². The number of benzene rings is 2. The van der Waals surface area contributed by atoms with E-state index in [2.05, 4.69) is 15.1 Å². The molecule has 178 valence electrons. The first kappa shape index (κ1) is 21.7. The Morgan fingerprint density at radius 2 is 1.74 bits per heavy atom. The summed E-state index contributed by atoms with van der Waals surface area (Å²) in [7, 11) is 0. The standard InChI is InChI=1S/C27H27N5O3/c1-16-7-10-20(11-8-16)31-15-19(14-24(31)33)26-29-25(30-35-26)18-9-12-23-22(13-18)28-17(2)27(34)32(23)21-5-3-4-6-21/h7-13,19,21H,3-6,14-15H2,1-2H3. The van der Waals surface area contributed by atoms with Crippen molar-refractivity contribution in [3.8, 4) is 11.4 Å². The van der Waals surface area contributed by atoms with E-state index in [1.165, 1.54) is 0 Å². The zero-order valence-electron chi connectivity index (χ0n) is 19.9. The maximum atomic E-state index is 12.9. The fraction of sp³-hybridized carbons (Fsp3) is 0.370. The van der Waals surface area contributed by atoms with Gasteiger partial charge in [-0.1, -0.05) is 35.7 Å². The summed E-state index contributed by atoms with van der Waals surface area (Å²) in [4.78, 5) is 36.5. The van der Waals surface area contributed by atoms with Crippen LogP contribution in [0.3, 0.4) is 0 Å². The van der Waals surface area contributed by atoms with Crippen LogP contribution in [0.25, 0.3) is 22.4 Å². The highest BCUT2D eigenvalue weighted by molar-refractivity contribution is 5.96. The number of amides is 1. The number of carbonyl (C=O) groups is 1. The highest BCUT2D eigenvalue weighted by Crippen LogP contribution is 2.34. The fourth-order valence-electron chi connectivity index (χ4n) is 5.36.